The average molecular weight is 289 g/mol. The molecule has 0 aromatic heterocycles. The van der Waals surface area contributed by atoms with Gasteiger partial charge in [-0.25, -0.2) is 0 Å². The molecule has 0 amide bonds. The van der Waals surface area contributed by atoms with Crippen molar-refractivity contribution < 1.29 is 0 Å². The van der Waals surface area contributed by atoms with Gasteiger partial charge in [-0.15, -0.1) is 0 Å². The number of nitrogens with zero attached hydrogens (tertiary/aromatic N) is 1. The molecule has 2 rings (SSSR count). The molecule has 0 unspecified atom stereocenters. The van der Waals surface area contributed by atoms with Crippen LogP contribution in [0.3, 0.4) is 0 Å². The van der Waals surface area contributed by atoms with Crippen molar-refractivity contribution in [3.05, 3.63) is 58.6 Å². The van der Waals surface area contributed by atoms with Crippen LogP contribution in [0, 0.1) is 6.92 Å². The van der Waals surface area contributed by atoms with E-state index >= 15 is 0 Å². The quantitative estimate of drug-likeness (QED) is 0.873. The van der Waals surface area contributed by atoms with Crippen molar-refractivity contribution >= 4 is 23.0 Å². The third kappa shape index (κ3) is 3.14. The molecule has 0 fully saturated rings. The topological polar surface area (TPSA) is 29.3 Å². The number of nitrogens with two attached hydrogens (primary N) is 1. The van der Waals surface area contributed by atoms with E-state index in [2.05, 4.69) is 43.0 Å². The van der Waals surface area contributed by atoms with Crippen LogP contribution in [0.15, 0.2) is 42.5 Å². The lowest BCUT2D eigenvalue weighted by molar-refractivity contribution is 0.818. The number of rotatable bonds is 4. The standard InChI is InChI=1S/C17H21ClN2/c1-4-20(15-7-5-6-12(2)10-15)17-9-8-14(13(3)19)11-16(17)18/h5-11,13H,4,19H2,1-3H3/t13-/m0/s1. The van der Waals surface area contributed by atoms with Gasteiger partial charge in [0.15, 0.2) is 0 Å². The summed E-state index contributed by atoms with van der Waals surface area (Å²) in [5.41, 5.74) is 10.4. The first-order valence-corrected chi connectivity index (χ1v) is 7.30. The minimum absolute atomic E-state index is 0.00408. The highest BCUT2D eigenvalue weighted by atomic mass is 35.5. The predicted octanol–water partition coefficient (Wildman–Crippen LogP) is 4.83. The zero-order valence-electron chi connectivity index (χ0n) is 12.2. The van der Waals surface area contributed by atoms with Gasteiger partial charge in [0.2, 0.25) is 0 Å². The Kier molecular flexibility index (Phi) is 4.69. The molecule has 0 bridgehead atoms. The molecule has 3 heteroatoms. The largest absolute Gasteiger partial charge is 0.341 e. The van der Waals surface area contributed by atoms with E-state index in [-0.39, 0.29) is 6.04 Å². The summed E-state index contributed by atoms with van der Waals surface area (Å²) in [4.78, 5) is 2.21. The maximum Gasteiger partial charge on any atom is 0.0646 e. The zero-order chi connectivity index (χ0) is 14.7. The Labute approximate surface area is 126 Å². The Bertz CT molecular complexity index is 593. The van der Waals surface area contributed by atoms with Gasteiger partial charge in [0.05, 0.1) is 10.7 Å². The van der Waals surface area contributed by atoms with Crippen molar-refractivity contribution in [1.82, 2.24) is 0 Å². The average Bonchev–Trinajstić information content (AvgIpc) is 2.41. The molecule has 2 N–H and O–H groups in total. The molecular weight excluding hydrogens is 268 g/mol. The summed E-state index contributed by atoms with van der Waals surface area (Å²) >= 11 is 6.44. The van der Waals surface area contributed by atoms with Crippen LogP contribution in [0.1, 0.15) is 31.0 Å². The number of halogens is 1. The van der Waals surface area contributed by atoms with Crippen molar-refractivity contribution in [3.63, 3.8) is 0 Å². The van der Waals surface area contributed by atoms with Crippen LogP contribution in [-0.2, 0) is 0 Å². The summed E-state index contributed by atoms with van der Waals surface area (Å²) < 4.78 is 0. The molecule has 2 aromatic carbocycles. The molecule has 0 saturated carbocycles. The summed E-state index contributed by atoms with van der Waals surface area (Å²) in [6.45, 7) is 7.04. The van der Waals surface area contributed by atoms with Crippen molar-refractivity contribution in [2.45, 2.75) is 26.8 Å². The molecule has 2 nitrogen and oxygen atoms in total. The molecule has 2 aromatic rings. The van der Waals surface area contributed by atoms with Crippen LogP contribution in [0.2, 0.25) is 5.02 Å². The van der Waals surface area contributed by atoms with E-state index in [4.69, 9.17) is 17.3 Å². The Hall–Kier alpha value is -1.51. The van der Waals surface area contributed by atoms with Gasteiger partial charge in [0, 0.05) is 18.3 Å². The highest BCUT2D eigenvalue weighted by molar-refractivity contribution is 6.33. The lowest BCUT2D eigenvalue weighted by Gasteiger charge is -2.25. The summed E-state index contributed by atoms with van der Waals surface area (Å²) in [6, 6.07) is 14.5. The lowest BCUT2D eigenvalue weighted by atomic mass is 10.1. The van der Waals surface area contributed by atoms with Crippen LogP contribution in [0.4, 0.5) is 11.4 Å². The second kappa shape index (κ2) is 6.29. The van der Waals surface area contributed by atoms with Gasteiger partial charge < -0.3 is 10.6 Å². The van der Waals surface area contributed by atoms with Crippen LogP contribution in [0.5, 0.6) is 0 Å². The van der Waals surface area contributed by atoms with Crippen molar-refractivity contribution in [1.29, 1.82) is 0 Å². The molecular formula is C17H21ClN2. The molecule has 1 atom stereocenters. The van der Waals surface area contributed by atoms with Crippen molar-refractivity contribution in [2.24, 2.45) is 5.73 Å². The Balaban J connectivity index is 2.42. The molecule has 0 saturated heterocycles. The van der Waals surface area contributed by atoms with Gasteiger partial charge in [0.25, 0.3) is 0 Å². The highest BCUT2D eigenvalue weighted by Gasteiger charge is 2.12. The monoisotopic (exact) mass is 288 g/mol. The molecule has 0 aliphatic heterocycles. The third-order valence-electron chi connectivity index (χ3n) is 3.42. The molecule has 0 aliphatic carbocycles. The van der Waals surface area contributed by atoms with Gasteiger partial charge in [0.1, 0.15) is 0 Å². The van der Waals surface area contributed by atoms with Gasteiger partial charge >= 0.3 is 0 Å². The van der Waals surface area contributed by atoms with Crippen LogP contribution in [-0.4, -0.2) is 6.54 Å². The number of benzene rings is 2. The molecule has 20 heavy (non-hydrogen) atoms. The van der Waals surface area contributed by atoms with Crippen LogP contribution >= 0.6 is 11.6 Å². The first kappa shape index (κ1) is 14.9. The van der Waals surface area contributed by atoms with Crippen molar-refractivity contribution in [3.8, 4) is 0 Å². The van der Waals surface area contributed by atoms with Gasteiger partial charge in [-0.3, -0.25) is 0 Å². The fraction of sp³-hybridized carbons (Fsp3) is 0.294. The maximum absolute atomic E-state index is 6.44. The molecule has 0 aliphatic rings. The molecule has 106 valence electrons. The van der Waals surface area contributed by atoms with Crippen LogP contribution in [0.25, 0.3) is 0 Å². The Morgan fingerprint density at radius 3 is 2.50 bits per heavy atom. The minimum atomic E-state index is -0.00408. The van der Waals surface area contributed by atoms with Gasteiger partial charge in [-0.1, -0.05) is 29.8 Å². The SMILES string of the molecule is CCN(c1cccc(C)c1)c1ccc([C@H](C)N)cc1Cl. The summed E-state index contributed by atoms with van der Waals surface area (Å²) in [7, 11) is 0. The van der Waals surface area contributed by atoms with Crippen LogP contribution < -0.4 is 10.6 Å². The van der Waals surface area contributed by atoms with E-state index in [1.807, 2.05) is 25.1 Å². The van der Waals surface area contributed by atoms with E-state index < -0.39 is 0 Å². The van der Waals surface area contributed by atoms with E-state index in [1.54, 1.807) is 0 Å². The fourth-order valence-corrected chi connectivity index (χ4v) is 2.60. The zero-order valence-corrected chi connectivity index (χ0v) is 13.0. The summed E-state index contributed by atoms with van der Waals surface area (Å²) in [5.74, 6) is 0. The fourth-order valence-electron chi connectivity index (χ4n) is 2.31. The number of anilines is 2. The van der Waals surface area contributed by atoms with Gasteiger partial charge in [-0.05, 0) is 56.2 Å². The Morgan fingerprint density at radius 1 is 1.20 bits per heavy atom. The van der Waals surface area contributed by atoms with E-state index in [1.165, 1.54) is 5.56 Å². The third-order valence-corrected chi connectivity index (χ3v) is 3.72. The second-order valence-electron chi connectivity index (χ2n) is 5.08. The normalized spacial score (nSPS) is 12.2. The summed E-state index contributed by atoms with van der Waals surface area (Å²) in [6.07, 6.45) is 0. The lowest BCUT2D eigenvalue weighted by Crippen LogP contribution is -2.17. The first-order valence-electron chi connectivity index (χ1n) is 6.92. The number of aryl methyl sites for hydroxylation is 1. The number of hydrogen-bond acceptors (Lipinski definition) is 2. The van der Waals surface area contributed by atoms with Gasteiger partial charge in [-0.2, -0.15) is 0 Å². The smallest absolute Gasteiger partial charge is 0.0646 e. The van der Waals surface area contributed by atoms with E-state index in [0.29, 0.717) is 0 Å². The summed E-state index contributed by atoms with van der Waals surface area (Å²) in [5, 5.41) is 0.739. The second-order valence-corrected chi connectivity index (χ2v) is 5.49. The maximum atomic E-state index is 6.44. The first-order chi connectivity index (χ1) is 9.52. The molecule has 0 spiro atoms. The van der Waals surface area contributed by atoms with E-state index in [0.717, 1.165) is 28.5 Å². The number of hydrogen-bond donors (Lipinski definition) is 1. The predicted molar refractivity (Wildman–Crippen MR) is 87.9 cm³/mol. The van der Waals surface area contributed by atoms with Crippen molar-refractivity contribution in [2.75, 3.05) is 11.4 Å². The minimum Gasteiger partial charge on any atom is -0.341 e. The van der Waals surface area contributed by atoms with E-state index in [9.17, 15) is 0 Å². The Morgan fingerprint density at radius 2 is 1.95 bits per heavy atom. The molecule has 0 radical (unpaired) electrons. The molecule has 0 heterocycles. The highest BCUT2D eigenvalue weighted by Crippen LogP contribution is 2.33.